The third kappa shape index (κ3) is 5.81. The molecule has 0 N–H and O–H groups in total. The first-order valence-corrected chi connectivity index (χ1v) is 15.2. The van der Waals surface area contributed by atoms with Crippen LogP contribution in [0.5, 0.6) is 11.5 Å². The molecule has 0 spiro atoms. The van der Waals surface area contributed by atoms with Gasteiger partial charge in [0, 0.05) is 17.4 Å². The van der Waals surface area contributed by atoms with Gasteiger partial charge in [-0.1, -0.05) is 59.9 Å². The summed E-state index contributed by atoms with van der Waals surface area (Å²) in [5.41, 5.74) is 2.64. The van der Waals surface area contributed by atoms with E-state index in [0.29, 0.717) is 31.9 Å². The zero-order valence-electron chi connectivity index (χ0n) is 23.5. The third-order valence-electron chi connectivity index (χ3n) is 6.54. The Morgan fingerprint density at radius 1 is 1.05 bits per heavy atom. The first-order valence-electron chi connectivity index (χ1n) is 13.1. The summed E-state index contributed by atoms with van der Waals surface area (Å²) < 4.78 is 18.1. The van der Waals surface area contributed by atoms with Crippen molar-refractivity contribution in [1.82, 2.24) is 4.57 Å². The lowest BCUT2D eigenvalue weighted by Crippen LogP contribution is -2.40. The number of carbonyl (C=O) groups excluding carboxylic acids is 2. The number of carbonyl (C=O) groups is 2. The van der Waals surface area contributed by atoms with Crippen LogP contribution in [0.15, 0.2) is 93.1 Å². The predicted molar refractivity (Wildman–Crippen MR) is 164 cm³/mol. The van der Waals surface area contributed by atoms with Gasteiger partial charge < -0.3 is 14.2 Å². The average molecular weight is 601 g/mol. The van der Waals surface area contributed by atoms with E-state index >= 15 is 0 Å². The summed E-state index contributed by atoms with van der Waals surface area (Å²) in [6.07, 6.45) is 3.72. The van der Waals surface area contributed by atoms with Gasteiger partial charge in [-0.2, -0.15) is 0 Å². The van der Waals surface area contributed by atoms with E-state index in [1.54, 1.807) is 47.5 Å². The van der Waals surface area contributed by atoms with Gasteiger partial charge in [-0.3, -0.25) is 14.2 Å². The van der Waals surface area contributed by atoms with E-state index in [4.69, 9.17) is 19.2 Å². The first-order chi connectivity index (χ1) is 20.3. The number of rotatable bonds is 8. The molecule has 1 aromatic heterocycles. The lowest BCUT2D eigenvalue weighted by Gasteiger charge is -2.26. The Bertz CT molecular complexity index is 1860. The van der Waals surface area contributed by atoms with Crippen LogP contribution in [0.25, 0.3) is 11.8 Å². The topological polar surface area (TPSA) is 96.2 Å². The van der Waals surface area contributed by atoms with Gasteiger partial charge in [0.1, 0.15) is 0 Å². The van der Waals surface area contributed by atoms with Crippen LogP contribution < -0.4 is 24.4 Å². The number of methoxy groups -OCH3 is 1. The quantitative estimate of drug-likeness (QED) is 0.166. The molecule has 2 heterocycles. The van der Waals surface area contributed by atoms with E-state index in [2.05, 4.69) is 0 Å². The Labute approximate surface area is 250 Å². The first kappa shape index (κ1) is 29.1. The fourth-order valence-electron chi connectivity index (χ4n) is 4.71. The van der Waals surface area contributed by atoms with E-state index in [0.717, 1.165) is 16.0 Å². The molecule has 1 aliphatic rings. The van der Waals surface area contributed by atoms with Crippen molar-refractivity contribution in [2.45, 2.75) is 24.8 Å². The van der Waals surface area contributed by atoms with E-state index in [9.17, 15) is 14.4 Å². The zero-order chi connectivity index (χ0) is 29.8. The number of aromatic nitrogens is 1. The Morgan fingerprint density at radius 3 is 2.43 bits per heavy atom. The second-order valence-electron chi connectivity index (χ2n) is 9.21. The van der Waals surface area contributed by atoms with E-state index in [1.165, 1.54) is 25.4 Å². The van der Waals surface area contributed by atoms with Gasteiger partial charge in [-0.15, -0.1) is 11.8 Å². The normalized spacial score (nSPS) is 14.7. The second-order valence-corrected chi connectivity index (χ2v) is 11.1. The molecule has 0 fully saturated rings. The van der Waals surface area contributed by atoms with Gasteiger partial charge in [0.2, 0.25) is 0 Å². The summed E-state index contributed by atoms with van der Waals surface area (Å²) in [4.78, 5) is 45.5. The van der Waals surface area contributed by atoms with Gasteiger partial charge >= 0.3 is 11.9 Å². The fourth-order valence-corrected chi connectivity index (χ4v) is 6.12. The maximum Gasteiger partial charge on any atom is 0.338 e. The molecule has 0 unspecified atom stereocenters. The number of hydrogen-bond donors (Lipinski definition) is 0. The van der Waals surface area contributed by atoms with Gasteiger partial charge in [-0.05, 0) is 54.6 Å². The van der Waals surface area contributed by atoms with Crippen LogP contribution in [0.4, 0.5) is 0 Å². The molecule has 4 aromatic rings. The molecule has 0 amide bonds. The molecule has 214 valence electrons. The van der Waals surface area contributed by atoms with Crippen LogP contribution in [-0.4, -0.2) is 36.5 Å². The summed E-state index contributed by atoms with van der Waals surface area (Å²) in [7, 11) is 1.48. The number of thiazole rings is 1. The molecule has 0 bridgehead atoms. The van der Waals surface area contributed by atoms with Gasteiger partial charge in [-0.25, -0.2) is 9.79 Å². The SMILES string of the molecule is CCOC(=O)C1=C(c2ccccc2)N=c2s/c(=C\c3ccc(OC(C)=O)c(OC)c3)c(=O)n2[C@@H]1c1ccc(SC)cc1. The van der Waals surface area contributed by atoms with Crippen molar-refractivity contribution in [3.05, 3.63) is 115 Å². The van der Waals surface area contributed by atoms with Gasteiger partial charge in [0.25, 0.3) is 5.56 Å². The number of fused-ring (bicyclic) bond motifs is 1. The van der Waals surface area contributed by atoms with Crippen molar-refractivity contribution < 1.29 is 23.8 Å². The molecular weight excluding hydrogens is 572 g/mol. The average Bonchev–Trinajstić information content (AvgIpc) is 3.31. The van der Waals surface area contributed by atoms with Crippen molar-refractivity contribution >= 4 is 46.8 Å². The minimum atomic E-state index is -0.755. The molecule has 0 saturated carbocycles. The molecule has 1 atom stereocenters. The summed E-state index contributed by atoms with van der Waals surface area (Å²) in [5, 5.41) is 0. The fraction of sp³-hybridized carbons (Fsp3) is 0.188. The minimum Gasteiger partial charge on any atom is -0.493 e. The number of nitrogens with zero attached hydrogens (tertiary/aromatic N) is 2. The highest BCUT2D eigenvalue weighted by Crippen LogP contribution is 2.36. The molecule has 3 aromatic carbocycles. The van der Waals surface area contributed by atoms with E-state index in [1.807, 2.05) is 60.9 Å². The number of benzene rings is 3. The van der Waals surface area contributed by atoms with Crippen molar-refractivity contribution in [3.63, 3.8) is 0 Å². The van der Waals surface area contributed by atoms with Crippen LogP contribution in [0, 0.1) is 0 Å². The Kier molecular flexibility index (Phi) is 8.75. The molecule has 10 heteroatoms. The predicted octanol–water partition coefficient (Wildman–Crippen LogP) is 4.59. The maximum absolute atomic E-state index is 14.1. The van der Waals surface area contributed by atoms with Gasteiger partial charge in [0.15, 0.2) is 16.3 Å². The van der Waals surface area contributed by atoms with Crippen LogP contribution >= 0.6 is 23.1 Å². The maximum atomic E-state index is 14.1. The third-order valence-corrected chi connectivity index (χ3v) is 8.27. The smallest absolute Gasteiger partial charge is 0.338 e. The standard InChI is InChI=1S/C32H28N2O6S2/c1-5-39-31(37)27-28(21-9-7-6-8-10-21)33-32-34(29(27)22-12-14-23(41-4)15-13-22)30(36)26(42-32)18-20-11-16-24(40-19(2)35)25(17-20)38-3/h6-18,29H,5H2,1-4H3/b26-18-/t29-/m1/s1. The molecule has 1 aliphatic heterocycles. The van der Waals surface area contributed by atoms with Crippen LogP contribution in [-0.2, 0) is 14.3 Å². The van der Waals surface area contributed by atoms with Crippen molar-refractivity contribution in [2.75, 3.05) is 20.0 Å². The lowest BCUT2D eigenvalue weighted by atomic mass is 9.93. The number of ether oxygens (including phenoxy) is 3. The van der Waals surface area contributed by atoms with Crippen LogP contribution in [0.3, 0.4) is 0 Å². The molecule has 5 rings (SSSR count). The molecular formula is C32H28N2O6S2. The molecule has 8 nitrogen and oxygen atoms in total. The monoisotopic (exact) mass is 600 g/mol. The highest BCUT2D eigenvalue weighted by atomic mass is 32.2. The van der Waals surface area contributed by atoms with Crippen molar-refractivity contribution in [3.8, 4) is 11.5 Å². The Balaban J connectivity index is 1.76. The molecule has 0 saturated heterocycles. The number of thioether (sulfide) groups is 1. The van der Waals surface area contributed by atoms with Crippen molar-refractivity contribution in [1.29, 1.82) is 0 Å². The summed E-state index contributed by atoms with van der Waals surface area (Å²) in [6, 6.07) is 21.5. The molecule has 42 heavy (non-hydrogen) atoms. The molecule has 0 aliphatic carbocycles. The van der Waals surface area contributed by atoms with Gasteiger partial charge in [0.05, 0.1) is 35.6 Å². The van der Waals surface area contributed by atoms with Crippen molar-refractivity contribution in [2.24, 2.45) is 4.99 Å². The Morgan fingerprint density at radius 2 is 1.79 bits per heavy atom. The van der Waals surface area contributed by atoms with Crippen LogP contribution in [0.1, 0.15) is 36.6 Å². The number of hydrogen-bond acceptors (Lipinski definition) is 9. The molecule has 0 radical (unpaired) electrons. The summed E-state index contributed by atoms with van der Waals surface area (Å²) in [5.74, 6) is -0.357. The summed E-state index contributed by atoms with van der Waals surface area (Å²) >= 11 is 2.83. The van der Waals surface area contributed by atoms with E-state index in [-0.39, 0.29) is 17.9 Å². The van der Waals surface area contributed by atoms with Crippen LogP contribution in [0.2, 0.25) is 0 Å². The lowest BCUT2D eigenvalue weighted by molar-refractivity contribution is -0.139. The highest BCUT2D eigenvalue weighted by molar-refractivity contribution is 7.98. The summed E-state index contributed by atoms with van der Waals surface area (Å²) in [6.45, 7) is 3.24. The second kappa shape index (κ2) is 12.6. The Hall–Kier alpha value is -4.41. The van der Waals surface area contributed by atoms with E-state index < -0.39 is 18.0 Å². The minimum absolute atomic E-state index is 0.179. The highest BCUT2D eigenvalue weighted by Gasteiger charge is 2.35. The zero-order valence-corrected chi connectivity index (χ0v) is 25.1. The number of esters is 2. The largest absolute Gasteiger partial charge is 0.493 e.